The van der Waals surface area contributed by atoms with Crippen molar-refractivity contribution in [3.63, 3.8) is 0 Å². The quantitative estimate of drug-likeness (QED) is 0.300. The molecule has 3 aromatic rings. The zero-order valence-electron chi connectivity index (χ0n) is 23.9. The Morgan fingerprint density at radius 1 is 0.816 bits per heavy atom. The Morgan fingerprint density at radius 2 is 1.29 bits per heavy atom. The van der Waals surface area contributed by atoms with Crippen LogP contribution in [0, 0.1) is 5.92 Å². The second-order valence-corrected chi connectivity index (χ2v) is 19.6. The predicted octanol–water partition coefficient (Wildman–Crippen LogP) is 6.47. The molecule has 0 amide bonds. The predicted molar refractivity (Wildman–Crippen MR) is 171 cm³/mol. The van der Waals surface area contributed by atoms with Crippen molar-refractivity contribution in [1.29, 1.82) is 0 Å². The van der Waals surface area contributed by atoms with Crippen LogP contribution in [0.25, 0.3) is 0 Å². The summed E-state index contributed by atoms with van der Waals surface area (Å²) in [5.74, 6) is 1.92. The number of hydrogen-bond acceptors (Lipinski definition) is 2. The molecule has 0 radical (unpaired) electrons. The van der Waals surface area contributed by atoms with E-state index in [1.165, 1.54) is 33.5 Å². The summed E-state index contributed by atoms with van der Waals surface area (Å²) < 4.78 is 17.2. The van der Waals surface area contributed by atoms with Crippen LogP contribution in [-0.2, 0) is 20.6 Å². The molecule has 0 N–H and O–H groups in total. The first-order valence-electron chi connectivity index (χ1n) is 12.8. The Balaban J connectivity index is 0.00000253. The molecule has 6 heteroatoms. The van der Waals surface area contributed by atoms with Crippen molar-refractivity contribution in [2.45, 2.75) is 47.0 Å². The van der Waals surface area contributed by atoms with Gasteiger partial charge in [0.15, 0.2) is 0 Å². The maximum absolute atomic E-state index is 7.60. The molecule has 3 aromatic carbocycles. The first kappa shape index (κ1) is 32.3. The van der Waals surface area contributed by atoms with Crippen LogP contribution in [0.1, 0.15) is 47.1 Å². The van der Waals surface area contributed by atoms with Crippen molar-refractivity contribution in [1.82, 2.24) is 0 Å². The number of halogens is 2. The molecule has 0 aliphatic heterocycles. The fourth-order valence-electron chi connectivity index (χ4n) is 5.89. The first-order valence-corrected chi connectivity index (χ1v) is 17.9. The van der Waals surface area contributed by atoms with Crippen LogP contribution in [0.2, 0.25) is 0 Å². The van der Waals surface area contributed by atoms with Crippen molar-refractivity contribution in [2.75, 3.05) is 7.11 Å². The van der Waals surface area contributed by atoms with Gasteiger partial charge in [0.2, 0.25) is 0 Å². The second kappa shape index (κ2) is 11.7. The van der Waals surface area contributed by atoms with E-state index in [4.69, 9.17) is 12.9 Å². The van der Waals surface area contributed by atoms with Gasteiger partial charge >= 0.3 is 222 Å². The van der Waals surface area contributed by atoms with E-state index in [1.807, 2.05) is 6.07 Å². The average molecular weight is 606 g/mol. The molecule has 0 bridgehead atoms. The Labute approximate surface area is 245 Å². The van der Waals surface area contributed by atoms with Crippen LogP contribution >= 0.6 is 24.8 Å². The van der Waals surface area contributed by atoms with Crippen LogP contribution in [0.5, 0.6) is 11.5 Å². The van der Waals surface area contributed by atoms with E-state index in [9.17, 15) is 0 Å². The molecule has 0 fully saturated rings. The number of hydrogen-bond donors (Lipinski definition) is 0. The van der Waals surface area contributed by atoms with E-state index in [2.05, 4.69) is 114 Å². The van der Waals surface area contributed by atoms with Gasteiger partial charge in [-0.2, -0.15) is 0 Å². The Kier molecular flexibility index (Phi) is 9.95. The van der Waals surface area contributed by atoms with Crippen LogP contribution in [-0.4, -0.2) is 22.2 Å². The van der Waals surface area contributed by atoms with Gasteiger partial charge in [-0.1, -0.05) is 0 Å². The van der Waals surface area contributed by atoms with E-state index in [0.29, 0.717) is 0 Å². The number of methoxy groups -OCH3 is 1. The standard InChI is InChI=1S/C11H16O2.C8H13Si.2C6H5.CH2.2ClH.Ti/c1-11(2,3)8-5-9(12)7-10(6-8)13-4;1-5-4-8(9)7(3)6(5)2;2*1-2-4-6-5-3-1;;;;/h5-7,12H,1-4H3;5H,1-3,9H3;2*1-5H;1H2;2*1H;/q;;;;;;;+1/p-1. The Bertz CT molecular complexity index is 1380. The molecule has 1 unspecified atom stereocenters. The van der Waals surface area contributed by atoms with Gasteiger partial charge in [-0.05, 0) is 0 Å². The molecule has 1 atom stereocenters. The Hall–Kier alpha value is -1.88. The van der Waals surface area contributed by atoms with Gasteiger partial charge in [-0.25, -0.2) is 0 Å². The van der Waals surface area contributed by atoms with E-state index in [0.717, 1.165) is 21.7 Å². The maximum atomic E-state index is 7.60. The summed E-state index contributed by atoms with van der Waals surface area (Å²) >= 11 is -4.64. The average Bonchev–Trinajstić information content (AvgIpc) is 3.07. The number of ether oxygens (including phenoxy) is 1. The molecule has 204 valence electrons. The van der Waals surface area contributed by atoms with Crippen LogP contribution in [0.15, 0.2) is 99.1 Å². The molecule has 1 aliphatic rings. The summed E-state index contributed by atoms with van der Waals surface area (Å²) in [6.07, 6.45) is 0. The van der Waals surface area contributed by atoms with Crippen molar-refractivity contribution in [2.24, 2.45) is 5.92 Å². The van der Waals surface area contributed by atoms with Crippen molar-refractivity contribution in [3.05, 3.63) is 105 Å². The first-order chi connectivity index (χ1) is 16.9. The topological polar surface area (TPSA) is 18.5 Å². The molecule has 38 heavy (non-hydrogen) atoms. The van der Waals surface area contributed by atoms with Crippen LogP contribution in [0.4, 0.5) is 0 Å². The zero-order chi connectivity index (χ0) is 26.3. The zero-order valence-corrected chi connectivity index (χ0v) is 29.1. The SMILES string of the molecule is Cl.Cl.[CH2]=[Ti]([O]c1cc(OC)cc(C(C)(C)C)c1)([C]1=C([SiH3])C(C)=C(C)C1C)([c]1ccccc1)[c]1ccccc1. The van der Waals surface area contributed by atoms with E-state index in [1.54, 1.807) is 7.11 Å². The van der Waals surface area contributed by atoms with E-state index < -0.39 is 15.2 Å². The molecule has 2 nitrogen and oxygen atoms in total. The molecule has 0 saturated carbocycles. The van der Waals surface area contributed by atoms with Crippen molar-refractivity contribution < 1.29 is 23.3 Å². The van der Waals surface area contributed by atoms with Gasteiger partial charge in [-0.15, -0.1) is 24.8 Å². The van der Waals surface area contributed by atoms with Gasteiger partial charge in [0.05, 0.1) is 0 Å². The summed E-state index contributed by atoms with van der Waals surface area (Å²) in [6.45, 7) is 13.6. The van der Waals surface area contributed by atoms with Crippen molar-refractivity contribution in [3.8, 4) is 11.5 Å². The van der Waals surface area contributed by atoms with Gasteiger partial charge in [0.1, 0.15) is 0 Å². The van der Waals surface area contributed by atoms with Crippen molar-refractivity contribution >= 4 is 47.6 Å². The summed E-state index contributed by atoms with van der Waals surface area (Å²) in [6, 6.07) is 28.0. The summed E-state index contributed by atoms with van der Waals surface area (Å²) in [7, 11) is 2.67. The molecule has 1 aliphatic carbocycles. The molecule has 4 rings (SSSR count). The normalized spacial score (nSPS) is 16.2. The van der Waals surface area contributed by atoms with Crippen LogP contribution < -0.4 is 15.8 Å². The summed E-state index contributed by atoms with van der Waals surface area (Å²) in [5, 5.41) is 1.46. The molecular weight excluding hydrogens is 563 g/mol. The molecule has 0 heterocycles. The third-order valence-corrected chi connectivity index (χ3v) is 19.3. The number of benzene rings is 3. The second-order valence-electron chi connectivity index (χ2n) is 11.4. The molecular formula is C32H42Cl2O2SiTi. The Morgan fingerprint density at radius 3 is 1.68 bits per heavy atom. The fraction of sp³-hybridized carbons (Fsp3) is 0.281. The third kappa shape index (κ3) is 5.29. The molecule has 0 saturated heterocycles. The van der Waals surface area contributed by atoms with Gasteiger partial charge in [0, 0.05) is 0 Å². The van der Waals surface area contributed by atoms with E-state index >= 15 is 0 Å². The van der Waals surface area contributed by atoms with Gasteiger partial charge in [-0.3, -0.25) is 0 Å². The fourth-order valence-corrected chi connectivity index (χ4v) is 18.0. The molecule has 0 spiro atoms. The number of rotatable bonds is 6. The monoisotopic (exact) mass is 604 g/mol. The minimum atomic E-state index is -4.64. The third-order valence-electron chi connectivity index (χ3n) is 8.30. The number of allylic oxidation sites excluding steroid dienone is 4. The minimum absolute atomic E-state index is 0. The van der Waals surface area contributed by atoms with Crippen LogP contribution in [0.3, 0.4) is 0 Å². The molecule has 0 aromatic heterocycles. The summed E-state index contributed by atoms with van der Waals surface area (Å²) in [5.41, 5.74) is 3.99. The van der Waals surface area contributed by atoms with E-state index in [-0.39, 0.29) is 36.1 Å². The van der Waals surface area contributed by atoms with Gasteiger partial charge < -0.3 is 0 Å². The summed E-state index contributed by atoms with van der Waals surface area (Å²) in [4.78, 5) is 5.30. The van der Waals surface area contributed by atoms with Gasteiger partial charge in [0.25, 0.3) is 0 Å².